The Morgan fingerprint density at radius 3 is 2.30 bits per heavy atom. The van der Waals surface area contributed by atoms with Crippen LogP contribution < -0.4 is 5.73 Å². The van der Waals surface area contributed by atoms with Gasteiger partial charge in [0.2, 0.25) is 0 Å². The third-order valence-corrected chi connectivity index (χ3v) is 3.45. The summed E-state index contributed by atoms with van der Waals surface area (Å²) in [5.41, 5.74) is 6.77. The molecule has 20 heavy (non-hydrogen) atoms. The van der Waals surface area contributed by atoms with Crippen LogP contribution in [0.3, 0.4) is 0 Å². The van der Waals surface area contributed by atoms with E-state index in [-0.39, 0.29) is 11.1 Å². The SMILES string of the molecule is COCCN(CCOC)C(CN)c1ccc(F)c(Cl)c1. The maximum Gasteiger partial charge on any atom is 0.141 e. The van der Waals surface area contributed by atoms with Crippen molar-refractivity contribution in [3.05, 3.63) is 34.6 Å². The van der Waals surface area contributed by atoms with Gasteiger partial charge < -0.3 is 15.2 Å². The molecule has 6 heteroatoms. The smallest absolute Gasteiger partial charge is 0.141 e. The van der Waals surface area contributed by atoms with E-state index in [1.54, 1.807) is 26.4 Å². The van der Waals surface area contributed by atoms with Gasteiger partial charge >= 0.3 is 0 Å². The van der Waals surface area contributed by atoms with Gasteiger partial charge in [-0.15, -0.1) is 0 Å². The average molecular weight is 305 g/mol. The minimum Gasteiger partial charge on any atom is -0.383 e. The van der Waals surface area contributed by atoms with Gasteiger partial charge in [0.15, 0.2) is 0 Å². The van der Waals surface area contributed by atoms with Crippen molar-refractivity contribution in [2.45, 2.75) is 6.04 Å². The van der Waals surface area contributed by atoms with E-state index in [0.29, 0.717) is 19.8 Å². The highest BCUT2D eigenvalue weighted by Crippen LogP contribution is 2.24. The normalized spacial score (nSPS) is 12.9. The van der Waals surface area contributed by atoms with Crippen LogP contribution in [0.2, 0.25) is 5.02 Å². The van der Waals surface area contributed by atoms with Gasteiger partial charge in [0.05, 0.1) is 18.2 Å². The first-order valence-corrected chi connectivity index (χ1v) is 6.88. The minimum atomic E-state index is -0.425. The Labute approximate surface area is 124 Å². The number of nitrogens with two attached hydrogens (primary N) is 1. The fraction of sp³-hybridized carbons (Fsp3) is 0.571. The highest BCUT2D eigenvalue weighted by Gasteiger charge is 2.19. The molecule has 1 atom stereocenters. The number of hydrogen-bond donors (Lipinski definition) is 1. The lowest BCUT2D eigenvalue weighted by Crippen LogP contribution is -2.38. The van der Waals surface area contributed by atoms with Crippen LogP contribution in [0.15, 0.2) is 18.2 Å². The molecular weight excluding hydrogens is 283 g/mol. The molecule has 0 aliphatic rings. The average Bonchev–Trinajstić information content (AvgIpc) is 2.45. The molecule has 4 nitrogen and oxygen atoms in total. The fourth-order valence-electron chi connectivity index (χ4n) is 2.06. The maximum absolute atomic E-state index is 13.3. The van der Waals surface area contributed by atoms with Gasteiger partial charge in [0.25, 0.3) is 0 Å². The lowest BCUT2D eigenvalue weighted by atomic mass is 10.1. The summed E-state index contributed by atoms with van der Waals surface area (Å²) in [5.74, 6) is -0.425. The van der Waals surface area contributed by atoms with Gasteiger partial charge in [0.1, 0.15) is 5.82 Å². The van der Waals surface area contributed by atoms with E-state index in [2.05, 4.69) is 4.90 Å². The Morgan fingerprint density at radius 1 is 1.25 bits per heavy atom. The molecule has 1 unspecified atom stereocenters. The van der Waals surface area contributed by atoms with Gasteiger partial charge in [-0.25, -0.2) is 4.39 Å². The summed E-state index contributed by atoms with van der Waals surface area (Å²) in [5, 5.41) is 0.111. The highest BCUT2D eigenvalue weighted by atomic mass is 35.5. The van der Waals surface area contributed by atoms with E-state index in [4.69, 9.17) is 26.8 Å². The molecule has 1 aromatic rings. The van der Waals surface area contributed by atoms with E-state index in [0.717, 1.165) is 18.7 Å². The molecule has 0 fully saturated rings. The van der Waals surface area contributed by atoms with E-state index >= 15 is 0 Å². The first-order valence-electron chi connectivity index (χ1n) is 6.51. The lowest BCUT2D eigenvalue weighted by molar-refractivity contribution is 0.0891. The molecule has 0 aliphatic heterocycles. The molecule has 0 saturated heterocycles. The van der Waals surface area contributed by atoms with Gasteiger partial charge in [-0.2, -0.15) is 0 Å². The van der Waals surface area contributed by atoms with Crippen molar-refractivity contribution in [2.75, 3.05) is 47.1 Å². The standard InChI is InChI=1S/C14H22ClFN2O2/c1-19-7-5-18(6-8-20-2)14(10-17)11-3-4-13(16)12(15)9-11/h3-4,9,14H,5-8,10,17H2,1-2H3. The monoisotopic (exact) mass is 304 g/mol. The molecule has 1 rings (SSSR count). The molecule has 0 heterocycles. The lowest BCUT2D eigenvalue weighted by Gasteiger charge is -2.31. The molecule has 0 radical (unpaired) electrons. The Kier molecular flexibility index (Phi) is 8.02. The molecule has 0 amide bonds. The first kappa shape index (κ1) is 17.3. The van der Waals surface area contributed by atoms with Gasteiger partial charge in [-0.3, -0.25) is 4.90 Å². The molecule has 114 valence electrons. The zero-order valence-corrected chi connectivity index (χ0v) is 12.7. The summed E-state index contributed by atoms with van der Waals surface area (Å²) >= 11 is 5.84. The molecule has 0 spiro atoms. The number of halogens is 2. The van der Waals surface area contributed by atoms with Crippen molar-refractivity contribution in [1.29, 1.82) is 0 Å². The predicted molar refractivity (Wildman–Crippen MR) is 78.5 cm³/mol. The summed E-state index contributed by atoms with van der Waals surface area (Å²) in [6.45, 7) is 3.03. The summed E-state index contributed by atoms with van der Waals surface area (Å²) in [7, 11) is 3.31. The first-order chi connectivity index (χ1) is 9.63. The maximum atomic E-state index is 13.3. The van der Waals surface area contributed by atoms with Gasteiger partial charge in [-0.05, 0) is 17.7 Å². The molecule has 2 N–H and O–H groups in total. The van der Waals surface area contributed by atoms with Crippen LogP contribution in [0, 0.1) is 5.82 Å². The van der Waals surface area contributed by atoms with Crippen molar-refractivity contribution in [1.82, 2.24) is 4.90 Å². The molecule has 0 saturated carbocycles. The Hall–Kier alpha value is -0.720. The summed E-state index contributed by atoms with van der Waals surface area (Å²) < 4.78 is 23.5. The molecule has 0 aliphatic carbocycles. The zero-order valence-electron chi connectivity index (χ0n) is 11.9. The number of hydrogen-bond acceptors (Lipinski definition) is 4. The second-order valence-corrected chi connectivity index (χ2v) is 4.85. The van der Waals surface area contributed by atoms with Crippen molar-refractivity contribution in [2.24, 2.45) is 5.73 Å². The van der Waals surface area contributed by atoms with Crippen molar-refractivity contribution in [3.63, 3.8) is 0 Å². The second kappa shape index (κ2) is 9.26. The van der Waals surface area contributed by atoms with E-state index in [9.17, 15) is 4.39 Å². The van der Waals surface area contributed by atoms with Gasteiger partial charge in [-0.1, -0.05) is 17.7 Å². The van der Waals surface area contributed by atoms with Gasteiger partial charge in [0, 0.05) is 39.9 Å². The number of rotatable bonds is 9. The van der Waals surface area contributed by atoms with Crippen LogP contribution in [0.5, 0.6) is 0 Å². The Bertz CT molecular complexity index is 399. The predicted octanol–water partition coefficient (Wildman–Crippen LogP) is 2.07. The van der Waals surface area contributed by atoms with Crippen LogP contribution in [0.1, 0.15) is 11.6 Å². The third-order valence-electron chi connectivity index (χ3n) is 3.16. The van der Waals surface area contributed by atoms with Crippen molar-refractivity contribution < 1.29 is 13.9 Å². The van der Waals surface area contributed by atoms with Crippen LogP contribution >= 0.6 is 11.6 Å². The van der Waals surface area contributed by atoms with Crippen molar-refractivity contribution >= 4 is 11.6 Å². The largest absolute Gasteiger partial charge is 0.383 e. The molecule has 0 aromatic heterocycles. The minimum absolute atomic E-state index is 0.0431. The second-order valence-electron chi connectivity index (χ2n) is 4.45. The Balaban J connectivity index is 2.88. The third kappa shape index (κ3) is 5.00. The van der Waals surface area contributed by atoms with Crippen LogP contribution in [0.25, 0.3) is 0 Å². The topological polar surface area (TPSA) is 47.7 Å². The van der Waals surface area contributed by atoms with Crippen LogP contribution in [-0.4, -0.2) is 52.0 Å². The number of methoxy groups -OCH3 is 2. The quantitative estimate of drug-likeness (QED) is 0.759. The number of ether oxygens (including phenoxy) is 2. The van der Waals surface area contributed by atoms with Crippen molar-refractivity contribution in [3.8, 4) is 0 Å². The summed E-state index contributed by atoms with van der Waals surface area (Å²) in [6.07, 6.45) is 0. The fourth-order valence-corrected chi connectivity index (χ4v) is 2.25. The highest BCUT2D eigenvalue weighted by molar-refractivity contribution is 6.30. The molecule has 0 bridgehead atoms. The van der Waals surface area contributed by atoms with Crippen LogP contribution in [0.4, 0.5) is 4.39 Å². The Morgan fingerprint density at radius 2 is 1.85 bits per heavy atom. The summed E-state index contributed by atoms with van der Waals surface area (Å²) in [6, 6.07) is 4.66. The van der Waals surface area contributed by atoms with E-state index in [1.807, 2.05) is 0 Å². The summed E-state index contributed by atoms with van der Waals surface area (Å²) in [4.78, 5) is 2.15. The molecule has 1 aromatic carbocycles. The zero-order chi connectivity index (χ0) is 15.0. The van der Waals surface area contributed by atoms with E-state index < -0.39 is 5.82 Å². The molecular formula is C14H22ClFN2O2. The number of benzene rings is 1. The van der Waals surface area contributed by atoms with Crippen LogP contribution in [-0.2, 0) is 9.47 Å². The number of nitrogens with zero attached hydrogens (tertiary/aromatic N) is 1. The van der Waals surface area contributed by atoms with E-state index in [1.165, 1.54) is 6.07 Å².